The number of hydrogen-bond donors (Lipinski definition) is 1. The van der Waals surface area contributed by atoms with E-state index < -0.39 is 0 Å². The molecule has 3 nitrogen and oxygen atoms in total. The van der Waals surface area contributed by atoms with Gasteiger partial charge in [-0.3, -0.25) is 4.79 Å². The van der Waals surface area contributed by atoms with Crippen LogP contribution in [0.25, 0.3) is 0 Å². The molecular weight excluding hydrogens is 166 g/mol. The van der Waals surface area contributed by atoms with Crippen molar-refractivity contribution in [3.05, 3.63) is 0 Å². The minimum atomic E-state index is -0.155. The van der Waals surface area contributed by atoms with Crippen LogP contribution in [0.2, 0.25) is 0 Å². The average molecular weight is 183 g/mol. The minimum Gasteiger partial charge on any atom is -0.368 e. The Bertz CT molecular complexity index is 199. The summed E-state index contributed by atoms with van der Waals surface area (Å²) in [5.41, 5.74) is 0. The predicted molar refractivity (Wildman–Crippen MR) is 49.3 cm³/mol. The Hall–Kier alpha value is -0.570. The molecule has 13 heavy (non-hydrogen) atoms. The zero-order chi connectivity index (χ0) is 9.26. The lowest BCUT2D eigenvalue weighted by atomic mass is 10.2. The fraction of sp³-hybridized carbons (Fsp3) is 0.900. The molecule has 1 amide bonds. The van der Waals surface area contributed by atoms with Crippen LogP contribution < -0.4 is 5.32 Å². The van der Waals surface area contributed by atoms with E-state index in [9.17, 15) is 4.79 Å². The zero-order valence-corrected chi connectivity index (χ0v) is 8.08. The number of hydrogen-bond acceptors (Lipinski definition) is 2. The van der Waals surface area contributed by atoms with Gasteiger partial charge in [0.25, 0.3) is 0 Å². The molecule has 2 rings (SSSR count). The molecule has 1 aliphatic carbocycles. The maximum atomic E-state index is 11.5. The largest absolute Gasteiger partial charge is 0.368 e. The summed E-state index contributed by atoms with van der Waals surface area (Å²) in [7, 11) is 0. The molecule has 2 fully saturated rings. The van der Waals surface area contributed by atoms with Crippen molar-refractivity contribution >= 4 is 5.91 Å². The van der Waals surface area contributed by atoms with Gasteiger partial charge >= 0.3 is 0 Å². The third-order valence-corrected chi connectivity index (χ3v) is 3.00. The topological polar surface area (TPSA) is 38.3 Å². The SMILES string of the molecule is CC[C@@H]1C[C@H]1NC(=O)C1CCCO1. The number of rotatable bonds is 3. The zero-order valence-electron chi connectivity index (χ0n) is 8.08. The van der Waals surface area contributed by atoms with Gasteiger partial charge < -0.3 is 10.1 Å². The van der Waals surface area contributed by atoms with Crippen molar-refractivity contribution in [3.63, 3.8) is 0 Å². The average Bonchev–Trinajstić information content (AvgIpc) is 2.68. The number of carbonyl (C=O) groups excluding carboxylic acids is 1. The molecule has 1 N–H and O–H groups in total. The highest BCUT2D eigenvalue weighted by atomic mass is 16.5. The summed E-state index contributed by atoms with van der Waals surface area (Å²) >= 11 is 0. The normalized spacial score (nSPS) is 37.5. The van der Waals surface area contributed by atoms with E-state index in [-0.39, 0.29) is 12.0 Å². The van der Waals surface area contributed by atoms with Crippen LogP contribution in [0, 0.1) is 5.92 Å². The van der Waals surface area contributed by atoms with Gasteiger partial charge in [-0.05, 0) is 25.2 Å². The molecule has 74 valence electrons. The van der Waals surface area contributed by atoms with Crippen molar-refractivity contribution in [2.45, 2.75) is 44.8 Å². The van der Waals surface area contributed by atoms with Gasteiger partial charge in [-0.2, -0.15) is 0 Å². The Morgan fingerprint density at radius 1 is 1.62 bits per heavy atom. The summed E-state index contributed by atoms with van der Waals surface area (Å²) in [6.45, 7) is 2.92. The van der Waals surface area contributed by atoms with E-state index in [2.05, 4.69) is 12.2 Å². The number of nitrogens with one attached hydrogen (secondary N) is 1. The van der Waals surface area contributed by atoms with Crippen LogP contribution in [0.5, 0.6) is 0 Å². The molecule has 0 radical (unpaired) electrons. The second-order valence-corrected chi connectivity index (χ2v) is 4.02. The van der Waals surface area contributed by atoms with E-state index in [4.69, 9.17) is 4.74 Å². The van der Waals surface area contributed by atoms with Crippen LogP contribution in [0.1, 0.15) is 32.6 Å². The third-order valence-electron chi connectivity index (χ3n) is 3.00. The monoisotopic (exact) mass is 183 g/mol. The van der Waals surface area contributed by atoms with Crippen molar-refractivity contribution in [2.75, 3.05) is 6.61 Å². The van der Waals surface area contributed by atoms with Crippen molar-refractivity contribution in [2.24, 2.45) is 5.92 Å². The molecule has 1 aliphatic heterocycles. The Morgan fingerprint density at radius 3 is 3.00 bits per heavy atom. The summed E-state index contributed by atoms with van der Waals surface area (Å²) < 4.78 is 5.30. The smallest absolute Gasteiger partial charge is 0.249 e. The van der Waals surface area contributed by atoms with Crippen molar-refractivity contribution in [1.29, 1.82) is 0 Å². The number of ether oxygens (including phenoxy) is 1. The molecule has 2 aliphatic rings. The molecule has 1 saturated carbocycles. The summed E-state index contributed by atoms with van der Waals surface area (Å²) in [5, 5.41) is 3.03. The van der Waals surface area contributed by atoms with Crippen LogP contribution in [0.4, 0.5) is 0 Å². The first-order valence-corrected chi connectivity index (χ1v) is 5.23. The number of carbonyl (C=O) groups is 1. The highest BCUT2D eigenvalue weighted by molar-refractivity contribution is 5.81. The highest BCUT2D eigenvalue weighted by Crippen LogP contribution is 2.33. The molecule has 0 spiro atoms. The van der Waals surface area contributed by atoms with E-state index in [0.717, 1.165) is 31.8 Å². The summed E-state index contributed by atoms with van der Waals surface area (Å²) in [6.07, 6.45) is 4.11. The summed E-state index contributed by atoms with van der Waals surface area (Å²) in [5.74, 6) is 0.837. The van der Waals surface area contributed by atoms with Gasteiger partial charge in [0.05, 0.1) is 0 Å². The van der Waals surface area contributed by atoms with Gasteiger partial charge in [-0.15, -0.1) is 0 Å². The Balaban J connectivity index is 1.72. The van der Waals surface area contributed by atoms with Gasteiger partial charge in [-0.1, -0.05) is 13.3 Å². The van der Waals surface area contributed by atoms with Crippen LogP contribution in [0.15, 0.2) is 0 Å². The van der Waals surface area contributed by atoms with E-state index in [1.807, 2.05) is 0 Å². The molecule has 3 heteroatoms. The fourth-order valence-electron chi connectivity index (χ4n) is 1.94. The van der Waals surface area contributed by atoms with Gasteiger partial charge in [-0.25, -0.2) is 0 Å². The second kappa shape index (κ2) is 3.66. The quantitative estimate of drug-likeness (QED) is 0.711. The molecular formula is C10H17NO2. The molecule has 0 aromatic heterocycles. The Morgan fingerprint density at radius 2 is 2.46 bits per heavy atom. The maximum absolute atomic E-state index is 11.5. The summed E-state index contributed by atoms with van der Waals surface area (Å²) in [4.78, 5) is 11.5. The van der Waals surface area contributed by atoms with Gasteiger partial charge in [0.2, 0.25) is 5.91 Å². The second-order valence-electron chi connectivity index (χ2n) is 4.02. The predicted octanol–water partition coefficient (Wildman–Crippen LogP) is 1.08. The van der Waals surface area contributed by atoms with Crippen LogP contribution in [0.3, 0.4) is 0 Å². The molecule has 1 saturated heterocycles. The first-order valence-electron chi connectivity index (χ1n) is 5.23. The van der Waals surface area contributed by atoms with E-state index in [0.29, 0.717) is 6.04 Å². The van der Waals surface area contributed by atoms with Gasteiger partial charge in [0, 0.05) is 12.6 Å². The van der Waals surface area contributed by atoms with Crippen molar-refractivity contribution < 1.29 is 9.53 Å². The number of amides is 1. The molecule has 0 bridgehead atoms. The minimum absolute atomic E-state index is 0.110. The molecule has 3 atom stereocenters. The first kappa shape index (κ1) is 9.00. The third kappa shape index (κ3) is 2.02. The van der Waals surface area contributed by atoms with E-state index in [1.54, 1.807) is 0 Å². The van der Waals surface area contributed by atoms with Gasteiger partial charge in [0.15, 0.2) is 0 Å². The molecule has 1 heterocycles. The Kier molecular flexibility index (Phi) is 2.54. The highest BCUT2D eigenvalue weighted by Gasteiger charge is 2.38. The lowest BCUT2D eigenvalue weighted by Gasteiger charge is -2.09. The van der Waals surface area contributed by atoms with Crippen molar-refractivity contribution in [1.82, 2.24) is 5.32 Å². The lowest BCUT2D eigenvalue weighted by Crippen LogP contribution is -2.36. The van der Waals surface area contributed by atoms with Crippen LogP contribution in [-0.4, -0.2) is 24.7 Å². The molecule has 0 aromatic rings. The lowest BCUT2D eigenvalue weighted by molar-refractivity contribution is -0.130. The summed E-state index contributed by atoms with van der Waals surface area (Å²) in [6, 6.07) is 0.446. The Labute approximate surface area is 78.8 Å². The maximum Gasteiger partial charge on any atom is 0.249 e. The first-order chi connectivity index (χ1) is 6.31. The van der Waals surface area contributed by atoms with Gasteiger partial charge in [0.1, 0.15) is 6.10 Å². The van der Waals surface area contributed by atoms with E-state index in [1.165, 1.54) is 6.42 Å². The fourth-order valence-corrected chi connectivity index (χ4v) is 1.94. The standard InChI is InChI=1S/C10H17NO2/c1-2-7-6-8(7)11-10(12)9-4-3-5-13-9/h7-9H,2-6H2,1H3,(H,11,12)/t7-,8-,9?/m1/s1. The van der Waals surface area contributed by atoms with Crippen LogP contribution in [-0.2, 0) is 9.53 Å². The van der Waals surface area contributed by atoms with Crippen LogP contribution >= 0.6 is 0 Å². The molecule has 0 aromatic carbocycles. The van der Waals surface area contributed by atoms with E-state index >= 15 is 0 Å². The van der Waals surface area contributed by atoms with Crippen molar-refractivity contribution in [3.8, 4) is 0 Å². The molecule has 1 unspecified atom stereocenters.